The quantitative estimate of drug-likeness (QED) is 0.710. The lowest BCUT2D eigenvalue weighted by atomic mass is 9.73. The standard InChI is InChI=1S/C14H24N2O4/c1-14(2)6-4-3-5-11(14)15-13(20)16-8-9(17)7-10(16)12(18)19/h9-11,17H,3-8H2,1-2H3,(H,15,20)(H,18,19). The first-order chi connectivity index (χ1) is 9.31. The zero-order valence-corrected chi connectivity index (χ0v) is 12.1. The van der Waals surface area contributed by atoms with Gasteiger partial charge in [0.15, 0.2) is 0 Å². The number of amides is 2. The second-order valence-electron chi connectivity index (χ2n) is 6.63. The van der Waals surface area contributed by atoms with Gasteiger partial charge in [0.2, 0.25) is 0 Å². The molecule has 6 heteroatoms. The van der Waals surface area contributed by atoms with Crippen LogP contribution in [0.25, 0.3) is 0 Å². The number of aliphatic carboxylic acids is 1. The Bertz CT molecular complexity index is 397. The minimum absolute atomic E-state index is 0.0327. The predicted octanol–water partition coefficient (Wildman–Crippen LogP) is 1.18. The Morgan fingerprint density at radius 1 is 1.30 bits per heavy atom. The number of carbonyl (C=O) groups excluding carboxylic acids is 1. The molecule has 3 atom stereocenters. The summed E-state index contributed by atoms with van der Waals surface area (Å²) in [5.74, 6) is -1.06. The minimum Gasteiger partial charge on any atom is -0.480 e. The molecule has 0 aromatic heterocycles. The highest BCUT2D eigenvalue weighted by atomic mass is 16.4. The molecule has 114 valence electrons. The number of rotatable bonds is 2. The number of carboxylic acid groups (broad SMARTS) is 1. The third-order valence-corrected chi connectivity index (χ3v) is 4.63. The lowest BCUT2D eigenvalue weighted by Crippen LogP contribution is -2.53. The first-order valence-corrected chi connectivity index (χ1v) is 7.29. The molecule has 1 aliphatic heterocycles. The summed E-state index contributed by atoms with van der Waals surface area (Å²) in [6.45, 7) is 4.35. The van der Waals surface area contributed by atoms with Gasteiger partial charge in [0.25, 0.3) is 0 Å². The van der Waals surface area contributed by atoms with Crippen molar-refractivity contribution in [1.82, 2.24) is 10.2 Å². The minimum atomic E-state index is -1.06. The summed E-state index contributed by atoms with van der Waals surface area (Å²) in [5, 5.41) is 21.7. The molecule has 0 spiro atoms. The van der Waals surface area contributed by atoms with E-state index in [9.17, 15) is 14.7 Å². The van der Waals surface area contributed by atoms with Crippen LogP contribution in [0.4, 0.5) is 4.79 Å². The summed E-state index contributed by atoms with van der Waals surface area (Å²) in [4.78, 5) is 24.7. The fraction of sp³-hybridized carbons (Fsp3) is 0.857. The van der Waals surface area contributed by atoms with E-state index in [1.54, 1.807) is 0 Å². The Labute approximate surface area is 119 Å². The molecule has 2 fully saturated rings. The van der Waals surface area contributed by atoms with E-state index >= 15 is 0 Å². The van der Waals surface area contributed by atoms with Crippen LogP contribution in [0, 0.1) is 5.41 Å². The van der Waals surface area contributed by atoms with Crippen LogP contribution in [-0.4, -0.2) is 51.8 Å². The molecule has 3 unspecified atom stereocenters. The van der Waals surface area contributed by atoms with E-state index in [2.05, 4.69) is 19.2 Å². The van der Waals surface area contributed by atoms with Crippen molar-refractivity contribution in [3.63, 3.8) is 0 Å². The number of nitrogens with zero attached hydrogens (tertiary/aromatic N) is 1. The summed E-state index contributed by atoms with van der Waals surface area (Å²) >= 11 is 0. The predicted molar refractivity (Wildman–Crippen MR) is 73.3 cm³/mol. The maximum absolute atomic E-state index is 12.3. The maximum atomic E-state index is 12.3. The molecule has 0 bridgehead atoms. The highest BCUT2D eigenvalue weighted by Crippen LogP contribution is 2.35. The molecule has 0 aromatic carbocycles. The zero-order chi connectivity index (χ0) is 14.9. The van der Waals surface area contributed by atoms with Crippen molar-refractivity contribution in [1.29, 1.82) is 0 Å². The molecular weight excluding hydrogens is 260 g/mol. The molecule has 2 aliphatic rings. The number of hydrogen-bond donors (Lipinski definition) is 3. The average molecular weight is 284 g/mol. The van der Waals surface area contributed by atoms with Gasteiger partial charge < -0.3 is 20.4 Å². The Balaban J connectivity index is 2.02. The molecule has 1 saturated carbocycles. The van der Waals surface area contributed by atoms with E-state index in [1.807, 2.05) is 0 Å². The summed E-state index contributed by atoms with van der Waals surface area (Å²) in [7, 11) is 0. The van der Waals surface area contributed by atoms with Crippen molar-refractivity contribution in [3.05, 3.63) is 0 Å². The Kier molecular flexibility index (Phi) is 4.22. The van der Waals surface area contributed by atoms with Crippen molar-refractivity contribution in [3.8, 4) is 0 Å². The van der Waals surface area contributed by atoms with Gasteiger partial charge in [-0.3, -0.25) is 0 Å². The number of aliphatic hydroxyl groups excluding tert-OH is 1. The molecule has 3 N–H and O–H groups in total. The fourth-order valence-corrected chi connectivity index (χ4v) is 3.27. The molecular formula is C14H24N2O4. The molecule has 2 rings (SSSR count). The highest BCUT2D eigenvalue weighted by Gasteiger charge is 2.41. The van der Waals surface area contributed by atoms with Crippen LogP contribution in [0.2, 0.25) is 0 Å². The molecule has 1 heterocycles. The number of carbonyl (C=O) groups is 2. The van der Waals surface area contributed by atoms with E-state index in [0.29, 0.717) is 0 Å². The Morgan fingerprint density at radius 2 is 2.00 bits per heavy atom. The number of hydrogen-bond acceptors (Lipinski definition) is 3. The van der Waals surface area contributed by atoms with Gasteiger partial charge in [-0.25, -0.2) is 9.59 Å². The number of β-amino-alcohol motifs (C(OH)–C–C–N with tert-alkyl or cyclic N) is 1. The number of urea groups is 1. The van der Waals surface area contributed by atoms with Crippen LogP contribution < -0.4 is 5.32 Å². The number of aliphatic hydroxyl groups is 1. The van der Waals surface area contributed by atoms with E-state index in [0.717, 1.165) is 19.3 Å². The van der Waals surface area contributed by atoms with Gasteiger partial charge in [0.1, 0.15) is 6.04 Å². The van der Waals surface area contributed by atoms with Crippen LogP contribution in [-0.2, 0) is 4.79 Å². The molecule has 1 aliphatic carbocycles. The lowest BCUT2D eigenvalue weighted by Gasteiger charge is -2.40. The van der Waals surface area contributed by atoms with Crippen molar-refractivity contribution >= 4 is 12.0 Å². The lowest BCUT2D eigenvalue weighted by molar-refractivity contribution is -0.141. The second-order valence-corrected chi connectivity index (χ2v) is 6.63. The Hall–Kier alpha value is -1.30. The summed E-state index contributed by atoms with van der Waals surface area (Å²) in [6.07, 6.45) is 3.59. The monoisotopic (exact) mass is 284 g/mol. The summed E-state index contributed by atoms with van der Waals surface area (Å²) in [5.41, 5.74) is 0.0327. The number of nitrogens with one attached hydrogen (secondary N) is 1. The van der Waals surface area contributed by atoms with Crippen molar-refractivity contribution in [2.75, 3.05) is 6.54 Å². The van der Waals surface area contributed by atoms with Crippen LogP contribution >= 0.6 is 0 Å². The third kappa shape index (κ3) is 3.06. The van der Waals surface area contributed by atoms with Crippen LogP contribution in [0.5, 0.6) is 0 Å². The first kappa shape index (κ1) is 15.1. The fourth-order valence-electron chi connectivity index (χ4n) is 3.27. The normalized spacial score (nSPS) is 33.0. The van der Waals surface area contributed by atoms with E-state index in [-0.39, 0.29) is 30.5 Å². The summed E-state index contributed by atoms with van der Waals surface area (Å²) in [6, 6.07) is -1.22. The van der Waals surface area contributed by atoms with Gasteiger partial charge in [-0.1, -0.05) is 26.7 Å². The van der Waals surface area contributed by atoms with Gasteiger partial charge in [-0.2, -0.15) is 0 Å². The molecule has 6 nitrogen and oxygen atoms in total. The number of likely N-dealkylation sites (tertiary alicyclic amines) is 1. The molecule has 1 saturated heterocycles. The maximum Gasteiger partial charge on any atom is 0.326 e. The summed E-state index contributed by atoms with van der Waals surface area (Å²) < 4.78 is 0. The smallest absolute Gasteiger partial charge is 0.326 e. The molecule has 2 amide bonds. The topological polar surface area (TPSA) is 89.9 Å². The highest BCUT2D eigenvalue weighted by molar-refractivity contribution is 5.83. The Morgan fingerprint density at radius 3 is 2.60 bits per heavy atom. The van der Waals surface area contributed by atoms with Gasteiger partial charge in [0.05, 0.1) is 6.10 Å². The number of carboxylic acids is 1. The third-order valence-electron chi connectivity index (χ3n) is 4.63. The zero-order valence-electron chi connectivity index (χ0n) is 12.1. The SMILES string of the molecule is CC1(C)CCCCC1NC(=O)N1CC(O)CC1C(=O)O. The van der Waals surface area contributed by atoms with Crippen LogP contribution in [0.15, 0.2) is 0 Å². The molecule has 0 aromatic rings. The molecule has 20 heavy (non-hydrogen) atoms. The van der Waals surface area contributed by atoms with Gasteiger partial charge >= 0.3 is 12.0 Å². The van der Waals surface area contributed by atoms with Crippen LogP contribution in [0.3, 0.4) is 0 Å². The van der Waals surface area contributed by atoms with E-state index in [4.69, 9.17) is 5.11 Å². The second kappa shape index (κ2) is 5.60. The first-order valence-electron chi connectivity index (χ1n) is 7.29. The molecule has 0 radical (unpaired) electrons. The van der Waals surface area contributed by atoms with E-state index < -0.39 is 18.1 Å². The van der Waals surface area contributed by atoms with Crippen molar-refractivity contribution < 1.29 is 19.8 Å². The van der Waals surface area contributed by atoms with Crippen molar-refractivity contribution in [2.45, 2.75) is 64.1 Å². The average Bonchev–Trinajstić information content (AvgIpc) is 2.74. The largest absolute Gasteiger partial charge is 0.480 e. The van der Waals surface area contributed by atoms with Gasteiger partial charge in [-0.05, 0) is 18.3 Å². The van der Waals surface area contributed by atoms with Crippen LogP contribution in [0.1, 0.15) is 46.0 Å². The van der Waals surface area contributed by atoms with Crippen molar-refractivity contribution in [2.24, 2.45) is 5.41 Å². The van der Waals surface area contributed by atoms with Gasteiger partial charge in [-0.15, -0.1) is 0 Å². The van der Waals surface area contributed by atoms with Gasteiger partial charge in [0, 0.05) is 19.0 Å². The van der Waals surface area contributed by atoms with E-state index in [1.165, 1.54) is 11.3 Å².